The van der Waals surface area contributed by atoms with Crippen molar-refractivity contribution in [1.29, 1.82) is 0 Å². The smallest absolute Gasteiger partial charge is 0.129 e. The van der Waals surface area contributed by atoms with E-state index in [0.29, 0.717) is 5.15 Å². The van der Waals surface area contributed by atoms with Gasteiger partial charge in [0.25, 0.3) is 0 Å². The monoisotopic (exact) mass is 260 g/mol. The van der Waals surface area contributed by atoms with Gasteiger partial charge >= 0.3 is 0 Å². The van der Waals surface area contributed by atoms with E-state index >= 15 is 0 Å². The molecule has 0 aliphatic carbocycles. The molecule has 0 aliphatic rings. The van der Waals surface area contributed by atoms with Crippen molar-refractivity contribution in [3.8, 4) is 11.1 Å². The van der Waals surface area contributed by atoms with E-state index in [1.165, 1.54) is 0 Å². The van der Waals surface area contributed by atoms with Crippen LogP contribution < -0.4 is 0 Å². The number of thiophene rings is 1. The molecule has 3 aromatic rings. The van der Waals surface area contributed by atoms with Gasteiger partial charge in [-0.25, -0.2) is 4.98 Å². The molecule has 0 N–H and O–H groups in total. The molecule has 0 fully saturated rings. The highest BCUT2D eigenvalue weighted by Gasteiger charge is 2.08. The summed E-state index contributed by atoms with van der Waals surface area (Å²) in [6, 6.07) is 7.88. The fraction of sp³-hybridized carbons (Fsp3) is 0.0769. The lowest BCUT2D eigenvalue weighted by Gasteiger charge is -2.00. The minimum absolute atomic E-state index is 0.530. The first-order valence-electron chi connectivity index (χ1n) is 5.21. The van der Waals surface area contributed by atoms with Gasteiger partial charge in [0.05, 0.1) is 10.2 Å². The van der Waals surface area contributed by atoms with Gasteiger partial charge in [-0.3, -0.25) is 4.98 Å². The minimum Gasteiger partial charge on any atom is -0.262 e. The highest BCUT2D eigenvalue weighted by Crippen LogP contribution is 2.33. The first kappa shape index (κ1) is 10.7. The van der Waals surface area contributed by atoms with Crippen molar-refractivity contribution in [2.24, 2.45) is 0 Å². The van der Waals surface area contributed by atoms with Gasteiger partial charge in [0.2, 0.25) is 0 Å². The fourth-order valence-corrected chi connectivity index (χ4v) is 2.86. The molecule has 84 valence electrons. The van der Waals surface area contributed by atoms with Crippen LogP contribution in [0.25, 0.3) is 21.3 Å². The number of halogens is 1. The first-order chi connectivity index (χ1) is 8.24. The van der Waals surface area contributed by atoms with Crippen molar-refractivity contribution < 1.29 is 0 Å². The third kappa shape index (κ3) is 1.92. The van der Waals surface area contributed by atoms with Gasteiger partial charge in [0.15, 0.2) is 0 Å². The van der Waals surface area contributed by atoms with Gasteiger partial charge < -0.3 is 0 Å². The lowest BCUT2D eigenvalue weighted by Crippen LogP contribution is -1.83. The van der Waals surface area contributed by atoms with Gasteiger partial charge in [0, 0.05) is 22.8 Å². The van der Waals surface area contributed by atoms with E-state index in [9.17, 15) is 0 Å². The zero-order valence-corrected chi connectivity index (χ0v) is 10.7. The molecule has 4 heteroatoms. The Balaban J connectivity index is 2.27. The summed E-state index contributed by atoms with van der Waals surface area (Å²) < 4.78 is 1.15. The number of rotatable bonds is 1. The largest absolute Gasteiger partial charge is 0.262 e. The molecule has 0 bridgehead atoms. The molecule has 3 rings (SSSR count). The summed E-state index contributed by atoms with van der Waals surface area (Å²) in [5.74, 6) is 0. The molecule has 0 aliphatic heterocycles. The second-order valence-electron chi connectivity index (χ2n) is 3.82. The van der Waals surface area contributed by atoms with Crippen LogP contribution in [0.5, 0.6) is 0 Å². The molecule has 0 spiro atoms. The molecular weight excluding hydrogens is 252 g/mol. The lowest BCUT2D eigenvalue weighted by molar-refractivity contribution is 1.20. The van der Waals surface area contributed by atoms with E-state index in [1.54, 1.807) is 11.3 Å². The van der Waals surface area contributed by atoms with Gasteiger partial charge in [-0.2, -0.15) is 0 Å². The highest BCUT2D eigenvalue weighted by atomic mass is 35.5. The van der Waals surface area contributed by atoms with E-state index in [0.717, 1.165) is 27.0 Å². The van der Waals surface area contributed by atoms with Crippen LogP contribution in [0.1, 0.15) is 5.69 Å². The molecule has 3 heterocycles. The van der Waals surface area contributed by atoms with E-state index in [-0.39, 0.29) is 0 Å². The van der Waals surface area contributed by atoms with E-state index < -0.39 is 0 Å². The van der Waals surface area contributed by atoms with Crippen LogP contribution in [0.2, 0.25) is 5.15 Å². The third-order valence-electron chi connectivity index (χ3n) is 2.59. The van der Waals surface area contributed by atoms with Crippen LogP contribution in [0, 0.1) is 6.92 Å². The molecule has 3 aromatic heterocycles. The second-order valence-corrected chi connectivity index (χ2v) is 5.11. The van der Waals surface area contributed by atoms with Crippen molar-refractivity contribution in [1.82, 2.24) is 9.97 Å². The number of hydrogen-bond donors (Lipinski definition) is 0. The number of nitrogens with zero attached hydrogens (tertiary/aromatic N) is 2. The predicted octanol–water partition coefficient (Wildman–Crippen LogP) is 4.32. The Kier molecular flexibility index (Phi) is 2.57. The Morgan fingerprint density at radius 3 is 2.94 bits per heavy atom. The average molecular weight is 261 g/mol. The van der Waals surface area contributed by atoms with E-state index in [1.807, 2.05) is 31.3 Å². The van der Waals surface area contributed by atoms with Crippen LogP contribution in [0.4, 0.5) is 0 Å². The van der Waals surface area contributed by atoms with Gasteiger partial charge in [-0.1, -0.05) is 11.6 Å². The standard InChI is InChI=1S/C13H9ClN2S/c1-8-6-9(4-5-15-8)10-7-17-11-2-3-12(14)16-13(10)11/h2-7H,1H3. The van der Waals surface area contributed by atoms with Gasteiger partial charge in [-0.15, -0.1) is 11.3 Å². The summed E-state index contributed by atoms with van der Waals surface area (Å²) in [6.45, 7) is 1.98. The SMILES string of the molecule is Cc1cc(-c2csc3ccc(Cl)nc23)ccn1. The molecule has 17 heavy (non-hydrogen) atoms. The van der Waals surface area contributed by atoms with Gasteiger partial charge in [0.1, 0.15) is 5.15 Å². The summed E-state index contributed by atoms with van der Waals surface area (Å²) >= 11 is 7.63. The van der Waals surface area contributed by atoms with Crippen LogP contribution >= 0.6 is 22.9 Å². The Morgan fingerprint density at radius 2 is 2.12 bits per heavy atom. The summed E-state index contributed by atoms with van der Waals surface area (Å²) in [7, 11) is 0. The average Bonchev–Trinajstić information content (AvgIpc) is 2.71. The van der Waals surface area contributed by atoms with Crippen LogP contribution in [0.3, 0.4) is 0 Å². The van der Waals surface area contributed by atoms with E-state index in [2.05, 4.69) is 21.4 Å². The number of hydrogen-bond acceptors (Lipinski definition) is 3. The quantitative estimate of drug-likeness (QED) is 0.609. The summed E-state index contributed by atoms with van der Waals surface area (Å²) in [6.07, 6.45) is 1.82. The highest BCUT2D eigenvalue weighted by molar-refractivity contribution is 7.17. The van der Waals surface area contributed by atoms with Gasteiger partial charge in [-0.05, 0) is 36.8 Å². The Morgan fingerprint density at radius 1 is 1.24 bits per heavy atom. The molecule has 0 radical (unpaired) electrons. The maximum atomic E-state index is 5.95. The van der Waals surface area contributed by atoms with Crippen LogP contribution in [-0.4, -0.2) is 9.97 Å². The Labute approximate surface area is 108 Å². The number of pyridine rings is 2. The molecule has 0 aromatic carbocycles. The summed E-state index contributed by atoms with van der Waals surface area (Å²) in [5, 5.41) is 2.64. The van der Waals surface area contributed by atoms with Crippen LogP contribution in [0.15, 0.2) is 35.8 Å². The maximum absolute atomic E-state index is 5.95. The molecule has 0 unspecified atom stereocenters. The number of aryl methyl sites for hydroxylation is 1. The van der Waals surface area contributed by atoms with Crippen molar-refractivity contribution in [3.63, 3.8) is 0 Å². The molecule has 2 nitrogen and oxygen atoms in total. The fourth-order valence-electron chi connectivity index (χ4n) is 1.81. The third-order valence-corrected chi connectivity index (χ3v) is 3.74. The zero-order valence-electron chi connectivity index (χ0n) is 9.14. The molecule has 0 saturated heterocycles. The second kappa shape index (κ2) is 4.09. The molecule has 0 saturated carbocycles. The maximum Gasteiger partial charge on any atom is 0.129 e. The molecule has 0 amide bonds. The van der Waals surface area contributed by atoms with Crippen molar-refractivity contribution in [2.75, 3.05) is 0 Å². The number of fused-ring (bicyclic) bond motifs is 1. The normalized spacial score (nSPS) is 10.9. The summed E-state index contributed by atoms with van der Waals surface area (Å²) in [4.78, 5) is 8.60. The Hall–Kier alpha value is -1.45. The van der Waals surface area contributed by atoms with Crippen molar-refractivity contribution >= 4 is 33.2 Å². The molecule has 0 atom stereocenters. The zero-order chi connectivity index (χ0) is 11.8. The Bertz CT molecular complexity index is 691. The predicted molar refractivity (Wildman–Crippen MR) is 72.6 cm³/mol. The summed E-state index contributed by atoms with van der Waals surface area (Å²) in [5.41, 5.74) is 4.23. The minimum atomic E-state index is 0.530. The van der Waals surface area contributed by atoms with Crippen molar-refractivity contribution in [3.05, 3.63) is 46.7 Å². The molecular formula is C13H9ClN2S. The van der Waals surface area contributed by atoms with Crippen LogP contribution in [-0.2, 0) is 0 Å². The number of aromatic nitrogens is 2. The first-order valence-corrected chi connectivity index (χ1v) is 6.46. The van der Waals surface area contributed by atoms with E-state index in [4.69, 9.17) is 11.6 Å². The topological polar surface area (TPSA) is 25.8 Å². The lowest BCUT2D eigenvalue weighted by atomic mass is 10.1. The van der Waals surface area contributed by atoms with Crippen molar-refractivity contribution in [2.45, 2.75) is 6.92 Å².